The average Bonchev–Trinajstić information content (AvgIpc) is 3.04. The highest BCUT2D eigenvalue weighted by Crippen LogP contribution is 2.23. The van der Waals surface area contributed by atoms with E-state index >= 15 is 0 Å². The quantitative estimate of drug-likeness (QED) is 0.790. The first-order valence-corrected chi connectivity index (χ1v) is 10.6. The highest BCUT2D eigenvalue weighted by molar-refractivity contribution is 9.10. The standard InChI is InChI=1S/C18H21BrN2O4S/c1-12-3-4-15(11-13(12)2)26(23,24)21-9-7-14(8-10-21)20-18(22)16-5-6-17(19)25-16/h3-6,11,14H,7-10H2,1-2H3,(H,20,22). The molecule has 1 fully saturated rings. The second-order valence-corrected chi connectivity index (χ2v) is 9.22. The lowest BCUT2D eigenvalue weighted by Gasteiger charge is -2.31. The maximum atomic E-state index is 12.8. The molecule has 6 nitrogen and oxygen atoms in total. The third-order valence-electron chi connectivity index (χ3n) is 4.70. The van der Waals surface area contributed by atoms with Crippen LogP contribution in [-0.4, -0.2) is 37.8 Å². The second kappa shape index (κ2) is 7.54. The Kier molecular flexibility index (Phi) is 5.55. The van der Waals surface area contributed by atoms with E-state index in [4.69, 9.17) is 4.42 Å². The molecule has 3 rings (SSSR count). The number of carbonyl (C=O) groups excluding carboxylic acids is 1. The fourth-order valence-electron chi connectivity index (χ4n) is 2.96. The van der Waals surface area contributed by atoms with Crippen LogP contribution >= 0.6 is 15.9 Å². The van der Waals surface area contributed by atoms with Crippen molar-refractivity contribution >= 4 is 31.9 Å². The van der Waals surface area contributed by atoms with Crippen molar-refractivity contribution in [3.63, 3.8) is 0 Å². The molecule has 0 radical (unpaired) electrons. The fourth-order valence-corrected chi connectivity index (χ4v) is 4.82. The molecule has 26 heavy (non-hydrogen) atoms. The molecule has 0 bridgehead atoms. The van der Waals surface area contributed by atoms with Gasteiger partial charge in [0.25, 0.3) is 5.91 Å². The first-order valence-electron chi connectivity index (χ1n) is 8.41. The van der Waals surface area contributed by atoms with Crippen molar-refractivity contribution in [2.45, 2.75) is 37.6 Å². The molecule has 0 aliphatic carbocycles. The van der Waals surface area contributed by atoms with E-state index in [1.807, 2.05) is 19.9 Å². The number of halogens is 1. The van der Waals surface area contributed by atoms with Gasteiger partial charge in [-0.25, -0.2) is 8.42 Å². The van der Waals surface area contributed by atoms with Crippen LogP contribution in [0.3, 0.4) is 0 Å². The van der Waals surface area contributed by atoms with Crippen LogP contribution < -0.4 is 5.32 Å². The lowest BCUT2D eigenvalue weighted by atomic mass is 10.1. The summed E-state index contributed by atoms with van der Waals surface area (Å²) in [6.07, 6.45) is 1.13. The SMILES string of the molecule is Cc1ccc(S(=O)(=O)N2CCC(NC(=O)c3ccc(Br)o3)CC2)cc1C. The molecule has 1 amide bonds. The second-order valence-electron chi connectivity index (χ2n) is 6.50. The van der Waals surface area contributed by atoms with Crippen molar-refractivity contribution in [3.8, 4) is 0 Å². The van der Waals surface area contributed by atoms with Crippen LogP contribution in [0.5, 0.6) is 0 Å². The Labute approximate surface area is 161 Å². The molecule has 0 saturated carbocycles. The number of aryl methyl sites for hydroxylation is 2. The Morgan fingerprint density at radius 1 is 1.15 bits per heavy atom. The summed E-state index contributed by atoms with van der Waals surface area (Å²) >= 11 is 3.17. The number of carbonyl (C=O) groups is 1. The van der Waals surface area contributed by atoms with E-state index < -0.39 is 10.0 Å². The molecular formula is C18H21BrN2O4S. The maximum Gasteiger partial charge on any atom is 0.287 e. The Morgan fingerprint density at radius 2 is 1.85 bits per heavy atom. The van der Waals surface area contributed by atoms with Crippen molar-refractivity contribution < 1.29 is 17.6 Å². The largest absolute Gasteiger partial charge is 0.444 e. The molecule has 2 heterocycles. The van der Waals surface area contributed by atoms with E-state index in [2.05, 4.69) is 21.2 Å². The van der Waals surface area contributed by atoms with Gasteiger partial charge in [0, 0.05) is 19.1 Å². The smallest absolute Gasteiger partial charge is 0.287 e. The molecule has 140 valence electrons. The van der Waals surface area contributed by atoms with Crippen LogP contribution in [0.2, 0.25) is 0 Å². The lowest BCUT2D eigenvalue weighted by molar-refractivity contribution is 0.0894. The van der Waals surface area contributed by atoms with Crippen LogP contribution in [0.25, 0.3) is 0 Å². The van der Waals surface area contributed by atoms with Crippen molar-refractivity contribution in [2.24, 2.45) is 0 Å². The van der Waals surface area contributed by atoms with Gasteiger partial charge < -0.3 is 9.73 Å². The Balaban J connectivity index is 1.62. The fraction of sp³-hybridized carbons (Fsp3) is 0.389. The number of hydrogen-bond donors (Lipinski definition) is 1. The van der Waals surface area contributed by atoms with Gasteiger partial charge in [-0.05, 0) is 78.0 Å². The zero-order valence-corrected chi connectivity index (χ0v) is 17.1. The van der Waals surface area contributed by atoms with E-state index in [0.29, 0.717) is 35.5 Å². The highest BCUT2D eigenvalue weighted by atomic mass is 79.9. The number of piperidine rings is 1. The number of amides is 1. The zero-order chi connectivity index (χ0) is 18.9. The van der Waals surface area contributed by atoms with Gasteiger partial charge in [0.05, 0.1) is 4.90 Å². The van der Waals surface area contributed by atoms with Crippen molar-refractivity contribution in [1.29, 1.82) is 0 Å². The summed E-state index contributed by atoms with van der Waals surface area (Å²) in [5.74, 6) is -0.0479. The third kappa shape index (κ3) is 4.02. The predicted molar refractivity (Wildman–Crippen MR) is 102 cm³/mol. The van der Waals surface area contributed by atoms with Crippen LogP contribution in [-0.2, 0) is 10.0 Å². The molecule has 1 saturated heterocycles. The first kappa shape index (κ1) is 19.1. The summed E-state index contributed by atoms with van der Waals surface area (Å²) in [4.78, 5) is 12.5. The summed E-state index contributed by atoms with van der Waals surface area (Å²) in [6, 6.07) is 8.38. The number of nitrogens with one attached hydrogen (secondary N) is 1. The van der Waals surface area contributed by atoms with Gasteiger partial charge >= 0.3 is 0 Å². The molecule has 0 spiro atoms. The Hall–Kier alpha value is -1.64. The third-order valence-corrected chi connectivity index (χ3v) is 7.02. The van der Waals surface area contributed by atoms with Crippen molar-refractivity contribution in [1.82, 2.24) is 9.62 Å². The van der Waals surface area contributed by atoms with Gasteiger partial charge in [-0.1, -0.05) is 6.07 Å². The van der Waals surface area contributed by atoms with Gasteiger partial charge in [-0.3, -0.25) is 4.79 Å². The molecule has 2 aromatic rings. The molecular weight excluding hydrogens is 420 g/mol. The molecule has 8 heteroatoms. The summed E-state index contributed by atoms with van der Waals surface area (Å²) < 4.78 is 32.9. The van der Waals surface area contributed by atoms with Gasteiger partial charge in [0.2, 0.25) is 10.0 Å². The average molecular weight is 441 g/mol. The van der Waals surface area contributed by atoms with Gasteiger partial charge in [-0.2, -0.15) is 4.31 Å². The van der Waals surface area contributed by atoms with Gasteiger partial charge in [0.15, 0.2) is 10.4 Å². The summed E-state index contributed by atoms with van der Waals surface area (Å²) in [5.41, 5.74) is 2.02. The van der Waals surface area contributed by atoms with Gasteiger partial charge in [0.1, 0.15) is 0 Å². The maximum absolute atomic E-state index is 12.8. The lowest BCUT2D eigenvalue weighted by Crippen LogP contribution is -2.46. The number of hydrogen-bond acceptors (Lipinski definition) is 4. The monoisotopic (exact) mass is 440 g/mol. The Morgan fingerprint density at radius 3 is 2.42 bits per heavy atom. The minimum Gasteiger partial charge on any atom is -0.444 e. The molecule has 1 aromatic carbocycles. The van der Waals surface area contributed by atoms with E-state index in [1.165, 1.54) is 4.31 Å². The van der Waals surface area contributed by atoms with E-state index in [0.717, 1.165) is 11.1 Å². The number of nitrogens with zero attached hydrogens (tertiary/aromatic N) is 1. The minimum absolute atomic E-state index is 0.0717. The van der Waals surface area contributed by atoms with E-state index in [9.17, 15) is 13.2 Å². The summed E-state index contributed by atoms with van der Waals surface area (Å²) in [6.45, 7) is 4.62. The van der Waals surface area contributed by atoms with Crippen molar-refractivity contribution in [2.75, 3.05) is 13.1 Å². The molecule has 1 aliphatic rings. The van der Waals surface area contributed by atoms with Gasteiger partial charge in [-0.15, -0.1) is 0 Å². The normalized spacial score (nSPS) is 16.6. The summed E-state index contributed by atoms with van der Waals surface area (Å²) in [7, 11) is -3.51. The number of sulfonamides is 1. The molecule has 1 aromatic heterocycles. The van der Waals surface area contributed by atoms with Crippen LogP contribution in [0.15, 0.2) is 44.3 Å². The number of furan rings is 1. The van der Waals surface area contributed by atoms with Crippen molar-refractivity contribution in [3.05, 3.63) is 51.9 Å². The number of benzene rings is 1. The molecule has 0 unspecified atom stereocenters. The first-order chi connectivity index (χ1) is 12.3. The highest BCUT2D eigenvalue weighted by Gasteiger charge is 2.30. The Bertz CT molecular complexity index is 915. The van der Waals surface area contributed by atoms with Crippen LogP contribution in [0, 0.1) is 13.8 Å². The van der Waals surface area contributed by atoms with Crippen LogP contribution in [0.1, 0.15) is 34.5 Å². The summed E-state index contributed by atoms with van der Waals surface area (Å²) in [5, 5.41) is 2.90. The molecule has 0 atom stereocenters. The topological polar surface area (TPSA) is 79.6 Å². The molecule has 1 aliphatic heterocycles. The molecule has 1 N–H and O–H groups in total. The minimum atomic E-state index is -3.51. The van der Waals surface area contributed by atoms with E-state index in [-0.39, 0.29) is 17.7 Å². The zero-order valence-electron chi connectivity index (χ0n) is 14.7. The number of rotatable bonds is 4. The van der Waals surface area contributed by atoms with Crippen LogP contribution in [0.4, 0.5) is 0 Å². The van der Waals surface area contributed by atoms with E-state index in [1.54, 1.807) is 24.3 Å². The predicted octanol–water partition coefficient (Wildman–Crippen LogP) is 3.24.